The van der Waals surface area contributed by atoms with E-state index in [2.05, 4.69) is 51.2 Å². The van der Waals surface area contributed by atoms with Crippen molar-refractivity contribution in [1.29, 1.82) is 0 Å². The number of rotatable bonds is 4. The summed E-state index contributed by atoms with van der Waals surface area (Å²) in [5.41, 5.74) is 1.63. The zero-order chi connectivity index (χ0) is 12.9. The fraction of sp³-hybridized carbons (Fsp3) is 0.750. The number of allylic oxidation sites excluding steroid dienone is 4. The van der Waals surface area contributed by atoms with E-state index in [1.807, 2.05) is 7.05 Å². The molecular weight excluding hydrogens is 206 g/mol. The lowest BCUT2D eigenvalue weighted by Gasteiger charge is -2.48. The largest absolute Gasteiger partial charge is 0.660 e. The Labute approximate surface area is 107 Å². The van der Waals surface area contributed by atoms with E-state index in [0.29, 0.717) is 5.92 Å². The highest BCUT2D eigenvalue weighted by molar-refractivity contribution is 5.10. The predicted octanol–water partition coefficient (Wildman–Crippen LogP) is 5.10. The summed E-state index contributed by atoms with van der Waals surface area (Å²) in [7, 11) is 1.97. The van der Waals surface area contributed by atoms with Crippen LogP contribution in [0.2, 0.25) is 0 Å². The van der Waals surface area contributed by atoms with Gasteiger partial charge < -0.3 is 5.32 Å². The van der Waals surface area contributed by atoms with Crippen molar-refractivity contribution in [2.45, 2.75) is 58.9 Å². The average molecular weight is 234 g/mol. The standard InChI is InChI=1S/C16H28N/c1-13(2)7-6-8-14(3)15-9-11-16(4,17-5)12-10-15/h6-8,14-15H,9-12H2,1-5H3/q-1. The van der Waals surface area contributed by atoms with Crippen molar-refractivity contribution >= 4 is 0 Å². The van der Waals surface area contributed by atoms with E-state index in [-0.39, 0.29) is 5.54 Å². The van der Waals surface area contributed by atoms with Gasteiger partial charge in [-0.15, -0.1) is 5.54 Å². The van der Waals surface area contributed by atoms with Crippen LogP contribution in [0.3, 0.4) is 0 Å². The van der Waals surface area contributed by atoms with Gasteiger partial charge in [-0.25, -0.2) is 0 Å². The molecule has 1 fully saturated rings. The highest BCUT2D eigenvalue weighted by Crippen LogP contribution is 2.39. The van der Waals surface area contributed by atoms with Gasteiger partial charge in [0.15, 0.2) is 0 Å². The minimum atomic E-state index is 0.264. The lowest BCUT2D eigenvalue weighted by molar-refractivity contribution is 0.239. The van der Waals surface area contributed by atoms with Gasteiger partial charge >= 0.3 is 0 Å². The van der Waals surface area contributed by atoms with Crippen LogP contribution < -0.4 is 0 Å². The van der Waals surface area contributed by atoms with Crippen LogP contribution >= 0.6 is 0 Å². The molecule has 1 rings (SSSR count). The van der Waals surface area contributed by atoms with Crippen molar-refractivity contribution in [2.75, 3.05) is 7.05 Å². The molecule has 1 aliphatic carbocycles. The number of hydrogen-bond donors (Lipinski definition) is 0. The van der Waals surface area contributed by atoms with Gasteiger partial charge in [-0.2, -0.15) is 7.05 Å². The third-order valence-corrected chi connectivity index (χ3v) is 4.24. The predicted molar refractivity (Wildman–Crippen MR) is 77.4 cm³/mol. The molecule has 1 heteroatoms. The van der Waals surface area contributed by atoms with Crippen LogP contribution in [0.4, 0.5) is 0 Å². The molecule has 0 aliphatic heterocycles. The van der Waals surface area contributed by atoms with Gasteiger partial charge in [0.1, 0.15) is 0 Å². The van der Waals surface area contributed by atoms with E-state index < -0.39 is 0 Å². The van der Waals surface area contributed by atoms with Gasteiger partial charge in [-0.1, -0.05) is 63.3 Å². The van der Waals surface area contributed by atoms with Crippen molar-refractivity contribution in [3.05, 3.63) is 29.1 Å². The molecule has 0 bridgehead atoms. The molecule has 17 heavy (non-hydrogen) atoms. The maximum Gasteiger partial charge on any atom is -0.0230 e. The maximum absolute atomic E-state index is 4.53. The first-order valence-electron chi connectivity index (χ1n) is 6.89. The fourth-order valence-electron chi connectivity index (χ4n) is 2.59. The van der Waals surface area contributed by atoms with Crippen LogP contribution in [-0.2, 0) is 0 Å². The van der Waals surface area contributed by atoms with Gasteiger partial charge in [-0.05, 0) is 25.7 Å². The lowest BCUT2D eigenvalue weighted by atomic mass is 9.73. The Morgan fingerprint density at radius 1 is 1.29 bits per heavy atom. The van der Waals surface area contributed by atoms with E-state index in [0.717, 1.165) is 5.92 Å². The van der Waals surface area contributed by atoms with Gasteiger partial charge in [0.2, 0.25) is 0 Å². The molecule has 0 aromatic carbocycles. The molecule has 98 valence electrons. The Kier molecular flexibility index (Phi) is 5.45. The SMILES string of the molecule is C[N-]C1(C)CCC(C(C)C=CC=C(C)C)CC1. The van der Waals surface area contributed by atoms with Gasteiger partial charge in [0.05, 0.1) is 0 Å². The van der Waals surface area contributed by atoms with Crippen molar-refractivity contribution in [2.24, 2.45) is 11.8 Å². The van der Waals surface area contributed by atoms with Crippen molar-refractivity contribution in [3.8, 4) is 0 Å². The summed E-state index contributed by atoms with van der Waals surface area (Å²) >= 11 is 0. The van der Waals surface area contributed by atoms with Crippen LogP contribution in [0.25, 0.3) is 5.32 Å². The van der Waals surface area contributed by atoms with E-state index in [9.17, 15) is 0 Å². The molecule has 0 amide bonds. The Morgan fingerprint density at radius 2 is 1.88 bits per heavy atom. The van der Waals surface area contributed by atoms with E-state index >= 15 is 0 Å². The molecule has 0 aromatic heterocycles. The topological polar surface area (TPSA) is 14.1 Å². The third-order valence-electron chi connectivity index (χ3n) is 4.24. The van der Waals surface area contributed by atoms with Crippen LogP contribution in [-0.4, -0.2) is 12.6 Å². The molecule has 1 nitrogen and oxygen atoms in total. The number of hydrogen-bond acceptors (Lipinski definition) is 0. The van der Waals surface area contributed by atoms with Crippen molar-refractivity contribution < 1.29 is 0 Å². The second kappa shape index (κ2) is 6.39. The lowest BCUT2D eigenvalue weighted by Crippen LogP contribution is -2.31. The Balaban J connectivity index is 2.43. The molecule has 0 spiro atoms. The molecule has 0 heterocycles. The fourth-order valence-corrected chi connectivity index (χ4v) is 2.59. The summed E-state index contributed by atoms with van der Waals surface area (Å²) in [6.45, 7) is 8.94. The molecule has 1 atom stereocenters. The van der Waals surface area contributed by atoms with Gasteiger partial charge in [-0.3, -0.25) is 0 Å². The Morgan fingerprint density at radius 3 is 2.35 bits per heavy atom. The van der Waals surface area contributed by atoms with E-state index in [1.165, 1.54) is 31.3 Å². The Hall–Kier alpha value is -0.560. The number of nitrogens with zero attached hydrogens (tertiary/aromatic N) is 1. The molecular formula is C16H28N-. The molecule has 1 aliphatic rings. The zero-order valence-electron chi connectivity index (χ0n) is 12.2. The summed E-state index contributed by atoms with van der Waals surface area (Å²) in [4.78, 5) is 0. The van der Waals surface area contributed by atoms with Crippen LogP contribution in [0.15, 0.2) is 23.8 Å². The van der Waals surface area contributed by atoms with Crippen LogP contribution in [0.1, 0.15) is 53.4 Å². The van der Waals surface area contributed by atoms with Gasteiger partial charge in [0, 0.05) is 0 Å². The normalized spacial score (nSPS) is 31.5. The molecule has 0 radical (unpaired) electrons. The first-order chi connectivity index (χ1) is 7.97. The van der Waals surface area contributed by atoms with Crippen LogP contribution in [0.5, 0.6) is 0 Å². The summed E-state index contributed by atoms with van der Waals surface area (Å²) in [6, 6.07) is 0. The summed E-state index contributed by atoms with van der Waals surface area (Å²) < 4.78 is 0. The first kappa shape index (κ1) is 14.5. The van der Waals surface area contributed by atoms with E-state index in [1.54, 1.807) is 0 Å². The highest BCUT2D eigenvalue weighted by atomic mass is 14.9. The second-order valence-electron chi connectivity index (χ2n) is 6.05. The summed E-state index contributed by atoms with van der Waals surface area (Å²) in [5, 5.41) is 4.53. The maximum atomic E-state index is 4.53. The first-order valence-corrected chi connectivity index (χ1v) is 6.89. The minimum Gasteiger partial charge on any atom is -0.660 e. The average Bonchev–Trinajstić information content (AvgIpc) is 2.29. The molecule has 0 aromatic rings. The molecule has 0 saturated heterocycles. The Bertz CT molecular complexity index is 276. The summed E-state index contributed by atoms with van der Waals surface area (Å²) in [6.07, 6.45) is 12.0. The minimum absolute atomic E-state index is 0.264. The van der Waals surface area contributed by atoms with Crippen molar-refractivity contribution in [3.63, 3.8) is 0 Å². The van der Waals surface area contributed by atoms with Crippen molar-refractivity contribution in [1.82, 2.24) is 0 Å². The van der Waals surface area contributed by atoms with Gasteiger partial charge in [0.25, 0.3) is 0 Å². The molecule has 1 unspecified atom stereocenters. The molecule has 1 saturated carbocycles. The van der Waals surface area contributed by atoms with Crippen LogP contribution in [0, 0.1) is 11.8 Å². The summed E-state index contributed by atoms with van der Waals surface area (Å²) in [5.74, 6) is 1.55. The molecule has 0 N–H and O–H groups in total. The third kappa shape index (κ3) is 4.67. The second-order valence-corrected chi connectivity index (χ2v) is 6.05. The van der Waals surface area contributed by atoms with E-state index in [4.69, 9.17) is 0 Å². The quantitative estimate of drug-likeness (QED) is 0.601. The monoisotopic (exact) mass is 234 g/mol. The smallest absolute Gasteiger partial charge is 0.0230 e. The highest BCUT2D eigenvalue weighted by Gasteiger charge is 2.25. The zero-order valence-corrected chi connectivity index (χ0v) is 12.2.